The van der Waals surface area contributed by atoms with E-state index in [4.69, 9.17) is 0 Å². The Bertz CT molecular complexity index is 404. The van der Waals surface area contributed by atoms with Gasteiger partial charge in [-0.05, 0) is 6.42 Å². The number of nitrogens with one attached hydrogen (secondary N) is 2. The van der Waals surface area contributed by atoms with Crippen LogP contribution < -0.4 is 10.6 Å². The van der Waals surface area contributed by atoms with E-state index in [9.17, 15) is 9.59 Å². The zero-order valence-corrected chi connectivity index (χ0v) is 9.76. The van der Waals surface area contributed by atoms with Crippen LogP contribution in [-0.2, 0) is 9.59 Å². The Morgan fingerprint density at radius 3 is 3.00 bits per heavy atom. The zero-order valence-electron chi connectivity index (χ0n) is 7.61. The molecule has 2 amide bonds. The summed E-state index contributed by atoms with van der Waals surface area (Å²) in [5, 5.41) is 13.0. The minimum absolute atomic E-state index is 0.226. The van der Waals surface area contributed by atoms with E-state index in [0.29, 0.717) is 18.7 Å². The maximum Gasteiger partial charge on any atom is 0.249 e. The molecule has 1 fully saturated rings. The van der Waals surface area contributed by atoms with Gasteiger partial charge in [0, 0.05) is 6.42 Å². The van der Waals surface area contributed by atoms with Crippen LogP contribution in [0.15, 0.2) is 6.20 Å². The molecule has 1 aliphatic heterocycles. The van der Waals surface area contributed by atoms with Gasteiger partial charge in [0.05, 0.1) is 6.20 Å². The minimum Gasteiger partial charge on any atom is -0.356 e. The van der Waals surface area contributed by atoms with E-state index in [1.807, 2.05) is 22.9 Å². The standard InChI is InChI=1S/C7H8IN5O2/c8-13-9-3-5(12-13)10-4-1-2-6(14)11-7(4)15/h3-4H,1-2H2,(H,10,12)(H,11,14,15). The van der Waals surface area contributed by atoms with Crippen LogP contribution >= 0.6 is 22.9 Å². The van der Waals surface area contributed by atoms with Crippen molar-refractivity contribution in [2.45, 2.75) is 18.9 Å². The fraction of sp³-hybridized carbons (Fsp3) is 0.429. The van der Waals surface area contributed by atoms with Gasteiger partial charge in [0.15, 0.2) is 5.82 Å². The second kappa shape index (κ2) is 4.13. The highest BCUT2D eigenvalue weighted by atomic mass is 127. The molecule has 1 aromatic heterocycles. The highest BCUT2D eigenvalue weighted by molar-refractivity contribution is 14.1. The van der Waals surface area contributed by atoms with Crippen LogP contribution in [0.25, 0.3) is 0 Å². The predicted molar refractivity (Wildman–Crippen MR) is 59.2 cm³/mol. The number of anilines is 1. The van der Waals surface area contributed by atoms with Crippen LogP contribution in [0.1, 0.15) is 12.8 Å². The van der Waals surface area contributed by atoms with Crippen molar-refractivity contribution < 1.29 is 9.59 Å². The number of rotatable bonds is 2. The summed E-state index contributed by atoms with van der Waals surface area (Å²) in [6.07, 6.45) is 2.36. The summed E-state index contributed by atoms with van der Waals surface area (Å²) < 4.78 is 1.37. The lowest BCUT2D eigenvalue weighted by atomic mass is 10.1. The van der Waals surface area contributed by atoms with Crippen molar-refractivity contribution in [3.8, 4) is 0 Å². The second-order valence-electron chi connectivity index (χ2n) is 3.12. The Morgan fingerprint density at radius 1 is 1.60 bits per heavy atom. The van der Waals surface area contributed by atoms with E-state index in [1.54, 1.807) is 0 Å². The monoisotopic (exact) mass is 321 g/mol. The highest BCUT2D eigenvalue weighted by Crippen LogP contribution is 2.10. The quantitative estimate of drug-likeness (QED) is 0.576. The van der Waals surface area contributed by atoms with E-state index in [-0.39, 0.29) is 11.8 Å². The molecule has 1 saturated heterocycles. The van der Waals surface area contributed by atoms with E-state index in [1.165, 1.54) is 9.21 Å². The van der Waals surface area contributed by atoms with Crippen molar-refractivity contribution in [3.05, 3.63) is 6.20 Å². The van der Waals surface area contributed by atoms with Crippen LogP contribution in [-0.4, -0.2) is 31.1 Å². The van der Waals surface area contributed by atoms with Gasteiger partial charge in [0.25, 0.3) is 0 Å². The van der Waals surface area contributed by atoms with Crippen molar-refractivity contribution in [1.29, 1.82) is 0 Å². The summed E-state index contributed by atoms with van der Waals surface area (Å²) in [6, 6.07) is -0.407. The lowest BCUT2D eigenvalue weighted by Gasteiger charge is -2.21. The summed E-state index contributed by atoms with van der Waals surface area (Å²) in [6.45, 7) is 0. The Morgan fingerprint density at radius 2 is 2.40 bits per heavy atom. The normalized spacial score (nSPS) is 21.3. The number of hydrogen-bond acceptors (Lipinski definition) is 5. The third-order valence-electron chi connectivity index (χ3n) is 2.03. The topological polar surface area (TPSA) is 88.9 Å². The molecule has 1 aromatic rings. The summed E-state index contributed by atoms with van der Waals surface area (Å²) in [5.41, 5.74) is 0. The van der Waals surface area contributed by atoms with Crippen molar-refractivity contribution in [2.75, 3.05) is 5.32 Å². The molecule has 2 N–H and O–H groups in total. The molecule has 2 rings (SSSR count). The molecule has 8 heteroatoms. The number of nitrogens with zero attached hydrogens (tertiary/aromatic N) is 3. The first-order valence-corrected chi connectivity index (χ1v) is 5.30. The van der Waals surface area contributed by atoms with Gasteiger partial charge < -0.3 is 5.32 Å². The van der Waals surface area contributed by atoms with Crippen molar-refractivity contribution in [1.82, 2.24) is 18.5 Å². The number of amides is 2. The lowest BCUT2D eigenvalue weighted by Crippen LogP contribution is -2.47. The van der Waals surface area contributed by atoms with E-state index >= 15 is 0 Å². The van der Waals surface area contributed by atoms with Gasteiger partial charge >= 0.3 is 0 Å². The summed E-state index contributed by atoms with van der Waals surface area (Å²) in [5.74, 6) is -0.0104. The smallest absolute Gasteiger partial charge is 0.249 e. The summed E-state index contributed by atoms with van der Waals surface area (Å²) in [4.78, 5) is 22.2. The number of carbonyl (C=O) groups is 2. The van der Waals surface area contributed by atoms with Crippen molar-refractivity contribution in [2.24, 2.45) is 0 Å². The first kappa shape index (κ1) is 10.3. The first-order valence-electron chi connectivity index (χ1n) is 4.34. The molecule has 0 radical (unpaired) electrons. The molecule has 0 aromatic carbocycles. The number of piperidine rings is 1. The van der Waals surface area contributed by atoms with Gasteiger partial charge in [0.1, 0.15) is 28.9 Å². The molecule has 0 spiro atoms. The van der Waals surface area contributed by atoms with Gasteiger partial charge in [-0.15, -0.1) is 13.2 Å². The second-order valence-corrected chi connectivity index (χ2v) is 3.98. The Balaban J connectivity index is 2.00. The third kappa shape index (κ3) is 2.43. The molecule has 0 saturated carbocycles. The summed E-state index contributed by atoms with van der Waals surface area (Å²) in [7, 11) is 0. The largest absolute Gasteiger partial charge is 0.356 e. The summed E-state index contributed by atoms with van der Waals surface area (Å²) >= 11 is 1.90. The number of aromatic nitrogens is 3. The fourth-order valence-corrected chi connectivity index (χ4v) is 1.68. The number of carbonyl (C=O) groups excluding carboxylic acids is 2. The molecule has 15 heavy (non-hydrogen) atoms. The van der Waals surface area contributed by atoms with E-state index in [2.05, 4.69) is 20.8 Å². The molecule has 1 unspecified atom stereocenters. The fourth-order valence-electron chi connectivity index (χ4n) is 1.32. The Kier molecular flexibility index (Phi) is 2.84. The van der Waals surface area contributed by atoms with Gasteiger partial charge in [0.2, 0.25) is 11.8 Å². The molecule has 0 bridgehead atoms. The first-order chi connectivity index (χ1) is 7.15. The number of halogens is 1. The lowest BCUT2D eigenvalue weighted by molar-refractivity contribution is -0.133. The van der Waals surface area contributed by atoms with Gasteiger partial charge in [-0.2, -0.15) is 0 Å². The third-order valence-corrected chi connectivity index (χ3v) is 2.49. The van der Waals surface area contributed by atoms with Crippen LogP contribution in [0.4, 0.5) is 5.82 Å². The minimum atomic E-state index is -0.407. The molecule has 0 aliphatic carbocycles. The zero-order chi connectivity index (χ0) is 10.8. The maximum absolute atomic E-state index is 11.4. The van der Waals surface area contributed by atoms with Crippen molar-refractivity contribution >= 4 is 40.5 Å². The molecule has 80 valence electrons. The maximum atomic E-state index is 11.4. The van der Waals surface area contributed by atoms with Crippen LogP contribution in [0.5, 0.6) is 0 Å². The molecular weight excluding hydrogens is 313 g/mol. The van der Waals surface area contributed by atoms with Crippen molar-refractivity contribution in [3.63, 3.8) is 0 Å². The van der Waals surface area contributed by atoms with E-state index in [0.717, 1.165) is 0 Å². The Labute approximate surface area is 99.1 Å². The predicted octanol–water partition coefficient (Wildman–Crippen LogP) is -0.307. The SMILES string of the molecule is O=C1CCC(Nc2cnn(I)n2)C(=O)N1. The van der Waals surface area contributed by atoms with Crippen LogP contribution in [0.3, 0.4) is 0 Å². The van der Waals surface area contributed by atoms with Gasteiger partial charge in [-0.1, -0.05) is 0 Å². The number of imide groups is 1. The van der Waals surface area contributed by atoms with Gasteiger partial charge in [-0.25, -0.2) is 0 Å². The molecule has 7 nitrogen and oxygen atoms in total. The Hall–Kier alpha value is -1.19. The molecular formula is C7H8IN5O2. The van der Waals surface area contributed by atoms with E-state index < -0.39 is 6.04 Å². The molecule has 2 heterocycles. The van der Waals surface area contributed by atoms with Gasteiger partial charge in [-0.3, -0.25) is 14.9 Å². The van der Waals surface area contributed by atoms with Crippen LogP contribution in [0, 0.1) is 0 Å². The number of hydrogen-bond donors (Lipinski definition) is 2. The molecule has 1 atom stereocenters. The van der Waals surface area contributed by atoms with Crippen LogP contribution in [0.2, 0.25) is 0 Å². The average molecular weight is 321 g/mol. The molecule has 1 aliphatic rings. The highest BCUT2D eigenvalue weighted by Gasteiger charge is 2.26. The average Bonchev–Trinajstić information content (AvgIpc) is 2.56.